The van der Waals surface area contributed by atoms with Gasteiger partial charge in [-0.05, 0) is 25.9 Å². The molecular formula is C9H16N4S. The van der Waals surface area contributed by atoms with Gasteiger partial charge in [-0.3, -0.25) is 4.90 Å². The molecule has 1 aromatic rings. The molecule has 1 saturated heterocycles. The Balaban J connectivity index is 1.95. The minimum absolute atomic E-state index is 0.951. The summed E-state index contributed by atoms with van der Waals surface area (Å²) in [7, 11) is 1.93. The molecule has 0 aromatic carbocycles. The molecule has 0 bridgehead atoms. The first kappa shape index (κ1) is 9.86. The molecule has 1 aliphatic heterocycles. The smallest absolute Gasteiger partial charge is 0.134 e. The van der Waals surface area contributed by atoms with Crippen LogP contribution in [-0.2, 0) is 6.54 Å². The molecule has 0 aliphatic carbocycles. The van der Waals surface area contributed by atoms with Gasteiger partial charge in [-0.2, -0.15) is 0 Å². The van der Waals surface area contributed by atoms with Crippen LogP contribution in [0.15, 0.2) is 0 Å². The summed E-state index contributed by atoms with van der Waals surface area (Å²) in [5.41, 5.74) is 1.10. The quantitative estimate of drug-likeness (QED) is 0.825. The van der Waals surface area contributed by atoms with Gasteiger partial charge in [-0.25, -0.2) is 0 Å². The Bertz CT molecular complexity index is 280. The Labute approximate surface area is 88.5 Å². The maximum absolute atomic E-state index is 4.15. The Hall–Kier alpha value is -0.680. The normalized spacial score (nSPS) is 18.4. The molecule has 0 spiro atoms. The highest BCUT2D eigenvalue weighted by Gasteiger charge is 2.14. The Morgan fingerprint density at radius 3 is 2.86 bits per heavy atom. The molecule has 14 heavy (non-hydrogen) atoms. The fourth-order valence-electron chi connectivity index (χ4n) is 1.83. The van der Waals surface area contributed by atoms with Crippen LogP contribution in [0.1, 0.15) is 25.0 Å². The van der Waals surface area contributed by atoms with Crippen molar-refractivity contribution in [1.29, 1.82) is 0 Å². The van der Waals surface area contributed by atoms with Crippen molar-refractivity contribution >= 4 is 16.5 Å². The molecule has 0 atom stereocenters. The van der Waals surface area contributed by atoms with Crippen molar-refractivity contribution in [2.45, 2.75) is 25.8 Å². The first-order valence-corrected chi connectivity index (χ1v) is 5.89. The van der Waals surface area contributed by atoms with Gasteiger partial charge in [0, 0.05) is 25.1 Å². The highest BCUT2D eigenvalue weighted by molar-refractivity contribution is 7.10. The van der Waals surface area contributed by atoms with Crippen molar-refractivity contribution in [3.8, 4) is 0 Å². The molecule has 2 heterocycles. The maximum atomic E-state index is 4.15. The van der Waals surface area contributed by atoms with E-state index in [1.54, 1.807) is 0 Å². The van der Waals surface area contributed by atoms with Gasteiger partial charge in [0.25, 0.3) is 0 Å². The van der Waals surface area contributed by atoms with E-state index in [0.717, 1.165) is 17.2 Å². The zero-order chi connectivity index (χ0) is 9.80. The minimum Gasteiger partial charge on any atom is -0.377 e. The van der Waals surface area contributed by atoms with Crippen molar-refractivity contribution in [3.63, 3.8) is 0 Å². The zero-order valence-corrected chi connectivity index (χ0v) is 9.31. The monoisotopic (exact) mass is 212 g/mol. The number of hydrogen-bond donors (Lipinski definition) is 1. The summed E-state index contributed by atoms with van der Waals surface area (Å²) >= 11 is 1.44. The van der Waals surface area contributed by atoms with Gasteiger partial charge in [-0.1, -0.05) is 10.9 Å². The second-order valence-electron chi connectivity index (χ2n) is 3.64. The molecule has 5 heteroatoms. The highest BCUT2D eigenvalue weighted by Crippen LogP contribution is 2.20. The van der Waals surface area contributed by atoms with Crippen LogP contribution in [0.2, 0.25) is 0 Å². The lowest BCUT2D eigenvalue weighted by Gasteiger charge is -2.25. The molecule has 1 aliphatic rings. The van der Waals surface area contributed by atoms with Gasteiger partial charge in [0.15, 0.2) is 0 Å². The molecule has 0 amide bonds. The topological polar surface area (TPSA) is 41.1 Å². The third-order valence-electron chi connectivity index (χ3n) is 2.60. The van der Waals surface area contributed by atoms with E-state index >= 15 is 0 Å². The lowest BCUT2D eigenvalue weighted by atomic mass is 10.1. The predicted molar refractivity (Wildman–Crippen MR) is 58.6 cm³/mol. The molecule has 1 fully saturated rings. The van der Waals surface area contributed by atoms with E-state index in [-0.39, 0.29) is 0 Å². The molecule has 0 saturated carbocycles. The van der Waals surface area contributed by atoms with Crippen molar-refractivity contribution in [3.05, 3.63) is 5.69 Å². The number of nitrogens with zero attached hydrogens (tertiary/aromatic N) is 3. The number of hydrogen-bond acceptors (Lipinski definition) is 5. The van der Waals surface area contributed by atoms with E-state index in [0.29, 0.717) is 0 Å². The van der Waals surface area contributed by atoms with Crippen LogP contribution in [-0.4, -0.2) is 34.6 Å². The van der Waals surface area contributed by atoms with Crippen LogP contribution >= 0.6 is 11.5 Å². The van der Waals surface area contributed by atoms with Gasteiger partial charge in [-0.15, -0.1) is 5.10 Å². The van der Waals surface area contributed by atoms with Crippen LogP contribution in [0, 0.1) is 0 Å². The van der Waals surface area contributed by atoms with E-state index in [4.69, 9.17) is 0 Å². The van der Waals surface area contributed by atoms with Crippen molar-refractivity contribution < 1.29 is 0 Å². The Kier molecular flexibility index (Phi) is 3.31. The number of likely N-dealkylation sites (tertiary alicyclic amines) is 1. The van der Waals surface area contributed by atoms with E-state index in [2.05, 4.69) is 19.8 Å². The van der Waals surface area contributed by atoms with Crippen LogP contribution in [0.4, 0.5) is 5.00 Å². The molecular weight excluding hydrogens is 196 g/mol. The third-order valence-corrected chi connectivity index (χ3v) is 3.39. The van der Waals surface area contributed by atoms with Gasteiger partial charge >= 0.3 is 0 Å². The molecule has 0 unspecified atom stereocenters. The first-order valence-electron chi connectivity index (χ1n) is 5.11. The van der Waals surface area contributed by atoms with Crippen LogP contribution in [0.5, 0.6) is 0 Å². The maximum Gasteiger partial charge on any atom is 0.134 e. The zero-order valence-electron chi connectivity index (χ0n) is 8.49. The molecule has 78 valence electrons. The summed E-state index contributed by atoms with van der Waals surface area (Å²) in [5.74, 6) is 0. The highest BCUT2D eigenvalue weighted by atomic mass is 32.1. The largest absolute Gasteiger partial charge is 0.377 e. The van der Waals surface area contributed by atoms with Crippen molar-refractivity contribution in [1.82, 2.24) is 14.5 Å². The Morgan fingerprint density at radius 1 is 1.36 bits per heavy atom. The van der Waals surface area contributed by atoms with E-state index in [1.807, 2.05) is 7.05 Å². The lowest BCUT2D eigenvalue weighted by molar-refractivity contribution is 0.219. The van der Waals surface area contributed by atoms with Gasteiger partial charge in [0.2, 0.25) is 0 Å². The molecule has 1 aromatic heterocycles. The summed E-state index contributed by atoms with van der Waals surface area (Å²) in [6, 6.07) is 0. The molecule has 1 N–H and O–H groups in total. The van der Waals surface area contributed by atoms with Crippen molar-refractivity contribution in [2.24, 2.45) is 0 Å². The van der Waals surface area contributed by atoms with Crippen LogP contribution in [0.3, 0.4) is 0 Å². The third kappa shape index (κ3) is 2.22. The van der Waals surface area contributed by atoms with Crippen molar-refractivity contribution in [2.75, 3.05) is 25.5 Å². The fraction of sp³-hybridized carbons (Fsp3) is 0.778. The minimum atomic E-state index is 0.951. The predicted octanol–water partition coefficient (Wildman–Crippen LogP) is 1.57. The summed E-state index contributed by atoms with van der Waals surface area (Å²) in [6.07, 6.45) is 4.03. The van der Waals surface area contributed by atoms with E-state index < -0.39 is 0 Å². The van der Waals surface area contributed by atoms with E-state index in [9.17, 15) is 0 Å². The van der Waals surface area contributed by atoms with E-state index in [1.165, 1.54) is 43.9 Å². The van der Waals surface area contributed by atoms with Gasteiger partial charge < -0.3 is 5.32 Å². The Morgan fingerprint density at radius 2 is 2.14 bits per heavy atom. The first-order chi connectivity index (χ1) is 6.90. The standard InChI is InChI=1S/C9H16N4S/c1-10-9-8(11-12-14-9)7-13-5-3-2-4-6-13/h10H,2-7H2,1H3. The summed E-state index contributed by atoms with van der Waals surface area (Å²) < 4.78 is 3.96. The second-order valence-corrected chi connectivity index (χ2v) is 4.39. The fourth-order valence-corrected chi connectivity index (χ4v) is 2.35. The number of nitrogens with one attached hydrogen (secondary N) is 1. The van der Waals surface area contributed by atoms with Gasteiger partial charge in [0.1, 0.15) is 10.7 Å². The summed E-state index contributed by atoms with van der Waals surface area (Å²) in [4.78, 5) is 2.46. The average molecular weight is 212 g/mol. The second kappa shape index (κ2) is 4.70. The van der Waals surface area contributed by atoms with Crippen LogP contribution in [0.25, 0.3) is 0 Å². The molecule has 4 nitrogen and oxygen atoms in total. The SMILES string of the molecule is CNc1snnc1CN1CCCCC1. The number of anilines is 1. The summed E-state index contributed by atoms with van der Waals surface area (Å²) in [6.45, 7) is 3.37. The number of aromatic nitrogens is 2. The average Bonchev–Trinajstić information content (AvgIpc) is 2.67. The summed E-state index contributed by atoms with van der Waals surface area (Å²) in [5, 5.41) is 8.38. The van der Waals surface area contributed by atoms with Gasteiger partial charge in [0.05, 0.1) is 0 Å². The molecule has 2 rings (SSSR count). The van der Waals surface area contributed by atoms with Crippen LogP contribution < -0.4 is 5.32 Å². The number of rotatable bonds is 3. The lowest BCUT2D eigenvalue weighted by Crippen LogP contribution is -2.29. The number of piperidine rings is 1. The molecule has 0 radical (unpaired) electrons.